The number of carbonyl (C=O) groups excluding carboxylic acids is 1. The fourth-order valence-electron chi connectivity index (χ4n) is 2.13. The SMILES string of the molecule is COCC(C)NC(=O)CSc1ccc(O)c2ccccc12. The third-order valence-corrected chi connectivity index (χ3v) is 4.12. The van der Waals surface area contributed by atoms with Crippen LogP contribution in [-0.2, 0) is 9.53 Å². The van der Waals surface area contributed by atoms with Gasteiger partial charge in [0.25, 0.3) is 0 Å². The van der Waals surface area contributed by atoms with Crippen molar-refractivity contribution < 1.29 is 14.6 Å². The number of hydrogen-bond donors (Lipinski definition) is 2. The van der Waals surface area contributed by atoms with Crippen LogP contribution in [0.25, 0.3) is 10.8 Å². The molecule has 5 heteroatoms. The Labute approximate surface area is 128 Å². The zero-order valence-electron chi connectivity index (χ0n) is 12.1. The summed E-state index contributed by atoms with van der Waals surface area (Å²) in [5.41, 5.74) is 0. The Bertz CT molecular complexity index is 630. The number of benzene rings is 2. The molecule has 2 aromatic rings. The molecule has 4 nitrogen and oxygen atoms in total. The van der Waals surface area contributed by atoms with E-state index < -0.39 is 0 Å². The normalized spacial score (nSPS) is 12.3. The summed E-state index contributed by atoms with van der Waals surface area (Å²) in [5, 5.41) is 14.5. The van der Waals surface area contributed by atoms with Gasteiger partial charge in [0.1, 0.15) is 5.75 Å². The highest BCUT2D eigenvalue weighted by Crippen LogP contribution is 2.33. The summed E-state index contributed by atoms with van der Waals surface area (Å²) in [7, 11) is 1.61. The minimum Gasteiger partial charge on any atom is -0.507 e. The lowest BCUT2D eigenvalue weighted by Gasteiger charge is -2.13. The Morgan fingerprint density at radius 2 is 2.00 bits per heavy atom. The van der Waals surface area contributed by atoms with E-state index in [1.54, 1.807) is 13.2 Å². The summed E-state index contributed by atoms with van der Waals surface area (Å²) in [6.07, 6.45) is 0. The van der Waals surface area contributed by atoms with Crippen LogP contribution in [0.15, 0.2) is 41.3 Å². The molecule has 1 atom stereocenters. The number of aromatic hydroxyl groups is 1. The molecular formula is C16H19NO3S. The number of phenols is 1. The zero-order valence-corrected chi connectivity index (χ0v) is 12.9. The third kappa shape index (κ3) is 4.12. The molecule has 0 spiro atoms. The van der Waals surface area contributed by atoms with Crippen molar-refractivity contribution >= 4 is 28.4 Å². The molecule has 0 heterocycles. The number of carbonyl (C=O) groups is 1. The molecular weight excluding hydrogens is 286 g/mol. The van der Waals surface area contributed by atoms with Gasteiger partial charge in [0.15, 0.2) is 0 Å². The molecule has 21 heavy (non-hydrogen) atoms. The van der Waals surface area contributed by atoms with Crippen LogP contribution >= 0.6 is 11.8 Å². The van der Waals surface area contributed by atoms with E-state index in [4.69, 9.17) is 4.74 Å². The second kappa shape index (κ2) is 7.33. The van der Waals surface area contributed by atoms with Crippen molar-refractivity contribution in [1.29, 1.82) is 0 Å². The van der Waals surface area contributed by atoms with Gasteiger partial charge < -0.3 is 15.2 Å². The molecule has 2 N–H and O–H groups in total. The van der Waals surface area contributed by atoms with Crippen molar-refractivity contribution in [2.45, 2.75) is 17.9 Å². The molecule has 2 rings (SSSR count). The topological polar surface area (TPSA) is 58.6 Å². The van der Waals surface area contributed by atoms with Gasteiger partial charge in [-0.3, -0.25) is 4.79 Å². The van der Waals surface area contributed by atoms with Crippen molar-refractivity contribution in [2.75, 3.05) is 19.5 Å². The number of nitrogens with one attached hydrogen (secondary N) is 1. The number of fused-ring (bicyclic) bond motifs is 1. The molecule has 1 unspecified atom stereocenters. The van der Waals surface area contributed by atoms with Crippen LogP contribution in [-0.4, -0.2) is 36.5 Å². The fourth-order valence-corrected chi connectivity index (χ4v) is 3.00. The van der Waals surface area contributed by atoms with Crippen LogP contribution in [0.4, 0.5) is 0 Å². The van der Waals surface area contributed by atoms with Crippen molar-refractivity contribution in [3.63, 3.8) is 0 Å². The average Bonchev–Trinajstić information content (AvgIpc) is 2.47. The van der Waals surface area contributed by atoms with E-state index in [0.717, 1.165) is 15.7 Å². The highest BCUT2D eigenvalue weighted by molar-refractivity contribution is 8.00. The molecule has 112 valence electrons. The fraction of sp³-hybridized carbons (Fsp3) is 0.312. The Kier molecular flexibility index (Phi) is 5.47. The number of hydrogen-bond acceptors (Lipinski definition) is 4. The second-order valence-electron chi connectivity index (χ2n) is 4.84. The van der Waals surface area contributed by atoms with E-state index in [1.165, 1.54) is 11.8 Å². The molecule has 0 aliphatic carbocycles. The molecule has 0 bridgehead atoms. The first-order valence-corrected chi connectivity index (χ1v) is 7.72. The van der Waals surface area contributed by atoms with Gasteiger partial charge in [-0.05, 0) is 24.4 Å². The molecule has 0 saturated carbocycles. The highest BCUT2D eigenvalue weighted by atomic mass is 32.2. The van der Waals surface area contributed by atoms with E-state index in [1.807, 2.05) is 37.3 Å². The van der Waals surface area contributed by atoms with Gasteiger partial charge in [0.05, 0.1) is 12.4 Å². The van der Waals surface area contributed by atoms with Gasteiger partial charge in [0, 0.05) is 23.4 Å². The van der Waals surface area contributed by atoms with E-state index in [0.29, 0.717) is 12.4 Å². The Morgan fingerprint density at radius 3 is 2.71 bits per heavy atom. The van der Waals surface area contributed by atoms with E-state index in [9.17, 15) is 9.90 Å². The number of methoxy groups -OCH3 is 1. The summed E-state index contributed by atoms with van der Waals surface area (Å²) in [6, 6.07) is 11.1. The van der Waals surface area contributed by atoms with Crippen molar-refractivity contribution in [1.82, 2.24) is 5.32 Å². The van der Waals surface area contributed by atoms with E-state index in [2.05, 4.69) is 5.32 Å². The lowest BCUT2D eigenvalue weighted by Crippen LogP contribution is -2.36. The predicted octanol–water partition coefficient (Wildman–Crippen LogP) is 2.79. The monoisotopic (exact) mass is 305 g/mol. The minimum absolute atomic E-state index is 0.000313. The summed E-state index contributed by atoms with van der Waals surface area (Å²) < 4.78 is 4.99. The van der Waals surface area contributed by atoms with Crippen LogP contribution in [0, 0.1) is 0 Å². The van der Waals surface area contributed by atoms with Crippen LogP contribution in [0.2, 0.25) is 0 Å². The molecule has 0 radical (unpaired) electrons. The van der Waals surface area contributed by atoms with Crippen molar-refractivity contribution in [3.05, 3.63) is 36.4 Å². The number of thioether (sulfide) groups is 1. The highest BCUT2D eigenvalue weighted by Gasteiger charge is 2.10. The van der Waals surface area contributed by atoms with Crippen LogP contribution < -0.4 is 5.32 Å². The first-order valence-electron chi connectivity index (χ1n) is 6.73. The van der Waals surface area contributed by atoms with E-state index >= 15 is 0 Å². The zero-order chi connectivity index (χ0) is 15.2. The maximum atomic E-state index is 11.9. The lowest BCUT2D eigenvalue weighted by atomic mass is 10.1. The summed E-state index contributed by atoms with van der Waals surface area (Å²) >= 11 is 1.46. The quantitative estimate of drug-likeness (QED) is 0.806. The van der Waals surface area contributed by atoms with Crippen LogP contribution in [0.1, 0.15) is 6.92 Å². The molecule has 0 saturated heterocycles. The van der Waals surface area contributed by atoms with Crippen molar-refractivity contribution in [2.24, 2.45) is 0 Å². The smallest absolute Gasteiger partial charge is 0.230 e. The maximum Gasteiger partial charge on any atom is 0.230 e. The largest absolute Gasteiger partial charge is 0.507 e. The molecule has 0 aromatic heterocycles. The van der Waals surface area contributed by atoms with Gasteiger partial charge in [0.2, 0.25) is 5.91 Å². The summed E-state index contributed by atoms with van der Waals surface area (Å²) in [5.74, 6) is 0.567. The van der Waals surface area contributed by atoms with Gasteiger partial charge in [-0.2, -0.15) is 0 Å². The lowest BCUT2D eigenvalue weighted by molar-refractivity contribution is -0.119. The van der Waals surface area contributed by atoms with Crippen LogP contribution in [0.5, 0.6) is 5.75 Å². The van der Waals surface area contributed by atoms with Gasteiger partial charge in [-0.15, -0.1) is 11.8 Å². The predicted molar refractivity (Wildman–Crippen MR) is 85.8 cm³/mol. The summed E-state index contributed by atoms with van der Waals surface area (Å²) in [4.78, 5) is 12.9. The molecule has 0 fully saturated rings. The Morgan fingerprint density at radius 1 is 1.29 bits per heavy atom. The number of rotatable bonds is 6. The maximum absolute atomic E-state index is 11.9. The summed E-state index contributed by atoms with van der Waals surface area (Å²) in [6.45, 7) is 2.40. The number of ether oxygens (including phenoxy) is 1. The third-order valence-electron chi connectivity index (χ3n) is 3.04. The standard InChI is InChI=1S/C16H19NO3S/c1-11(9-20-2)17-16(19)10-21-15-8-7-14(18)12-5-3-4-6-13(12)15/h3-8,11,18H,9-10H2,1-2H3,(H,17,19). The first-order chi connectivity index (χ1) is 10.1. The van der Waals surface area contributed by atoms with E-state index in [-0.39, 0.29) is 17.7 Å². The van der Waals surface area contributed by atoms with Gasteiger partial charge >= 0.3 is 0 Å². The molecule has 0 aliphatic rings. The molecule has 2 aromatic carbocycles. The second-order valence-corrected chi connectivity index (χ2v) is 5.86. The first kappa shape index (κ1) is 15.7. The molecule has 0 aliphatic heterocycles. The number of phenolic OH excluding ortho intramolecular Hbond substituents is 1. The number of amides is 1. The van der Waals surface area contributed by atoms with Gasteiger partial charge in [-0.1, -0.05) is 24.3 Å². The Balaban J connectivity index is 2.04. The van der Waals surface area contributed by atoms with Crippen LogP contribution in [0.3, 0.4) is 0 Å². The van der Waals surface area contributed by atoms with Crippen molar-refractivity contribution in [3.8, 4) is 5.75 Å². The molecule has 1 amide bonds. The Hall–Kier alpha value is -1.72. The van der Waals surface area contributed by atoms with Gasteiger partial charge in [-0.25, -0.2) is 0 Å². The average molecular weight is 305 g/mol. The minimum atomic E-state index is -0.0262.